The highest BCUT2D eigenvalue weighted by Crippen LogP contribution is 2.15. The Bertz CT molecular complexity index is 412. The molecule has 1 N–H and O–H groups in total. The molecule has 0 radical (unpaired) electrons. The van der Waals surface area contributed by atoms with Crippen LogP contribution in [-0.4, -0.2) is 38.7 Å². The van der Waals surface area contributed by atoms with Gasteiger partial charge in [0.05, 0.1) is 6.54 Å². The molecule has 1 rings (SSSR count). The Morgan fingerprint density at radius 2 is 2.11 bits per heavy atom. The molecule has 0 unspecified atom stereocenters. The molecular formula is C12H21N3O3. The van der Waals surface area contributed by atoms with E-state index in [-0.39, 0.29) is 0 Å². The third kappa shape index (κ3) is 3.53. The molecule has 18 heavy (non-hydrogen) atoms. The van der Waals surface area contributed by atoms with Crippen molar-refractivity contribution in [2.24, 2.45) is 5.92 Å². The summed E-state index contributed by atoms with van der Waals surface area (Å²) in [5.74, 6) is 0.694. The standard InChI is InChI=1S/C12H21N3O3/c1-8(2)6-9-13-10(18-14-9)7-15(5)12(3,4)11(16)17/h8H,6-7H2,1-5H3,(H,16,17). The first-order valence-corrected chi connectivity index (χ1v) is 5.99. The summed E-state index contributed by atoms with van der Waals surface area (Å²) < 4.78 is 5.12. The van der Waals surface area contributed by atoms with Gasteiger partial charge >= 0.3 is 5.97 Å². The largest absolute Gasteiger partial charge is 0.480 e. The maximum Gasteiger partial charge on any atom is 0.323 e. The fraction of sp³-hybridized carbons (Fsp3) is 0.750. The summed E-state index contributed by atoms with van der Waals surface area (Å²) >= 11 is 0. The van der Waals surface area contributed by atoms with Gasteiger partial charge in [0, 0.05) is 6.42 Å². The first kappa shape index (κ1) is 14.6. The van der Waals surface area contributed by atoms with Crippen LogP contribution in [0.1, 0.15) is 39.4 Å². The number of aliphatic carboxylic acids is 1. The van der Waals surface area contributed by atoms with E-state index in [1.807, 2.05) is 0 Å². The van der Waals surface area contributed by atoms with Gasteiger partial charge in [0.25, 0.3) is 0 Å². The van der Waals surface area contributed by atoms with Crippen molar-refractivity contribution in [1.29, 1.82) is 0 Å². The molecule has 1 heterocycles. The first-order chi connectivity index (χ1) is 8.23. The van der Waals surface area contributed by atoms with Crippen LogP contribution in [0.25, 0.3) is 0 Å². The third-order valence-electron chi connectivity index (χ3n) is 2.95. The van der Waals surface area contributed by atoms with Gasteiger partial charge in [-0.1, -0.05) is 19.0 Å². The van der Waals surface area contributed by atoms with Crippen LogP contribution in [0.4, 0.5) is 0 Å². The fourth-order valence-electron chi connectivity index (χ4n) is 1.37. The third-order valence-corrected chi connectivity index (χ3v) is 2.95. The monoisotopic (exact) mass is 255 g/mol. The number of carboxylic acid groups (broad SMARTS) is 1. The van der Waals surface area contributed by atoms with Crippen molar-refractivity contribution >= 4 is 5.97 Å². The van der Waals surface area contributed by atoms with E-state index in [0.717, 1.165) is 6.42 Å². The summed E-state index contributed by atoms with van der Waals surface area (Å²) in [4.78, 5) is 17.0. The zero-order valence-corrected chi connectivity index (χ0v) is 11.6. The number of carboxylic acids is 1. The average molecular weight is 255 g/mol. The van der Waals surface area contributed by atoms with Crippen molar-refractivity contribution in [3.8, 4) is 0 Å². The van der Waals surface area contributed by atoms with E-state index in [1.165, 1.54) is 0 Å². The molecule has 0 saturated heterocycles. The van der Waals surface area contributed by atoms with Crippen LogP contribution in [-0.2, 0) is 17.8 Å². The van der Waals surface area contributed by atoms with Crippen molar-refractivity contribution in [2.75, 3.05) is 7.05 Å². The predicted octanol–water partition coefficient (Wildman–Crippen LogP) is 1.56. The van der Waals surface area contributed by atoms with E-state index in [1.54, 1.807) is 25.8 Å². The Balaban J connectivity index is 2.68. The molecule has 102 valence electrons. The quantitative estimate of drug-likeness (QED) is 0.831. The van der Waals surface area contributed by atoms with Crippen molar-refractivity contribution in [2.45, 2.75) is 46.2 Å². The summed E-state index contributed by atoms with van der Waals surface area (Å²) in [6.07, 6.45) is 0.759. The van der Waals surface area contributed by atoms with E-state index < -0.39 is 11.5 Å². The van der Waals surface area contributed by atoms with Crippen molar-refractivity contribution < 1.29 is 14.4 Å². The average Bonchev–Trinajstić information content (AvgIpc) is 2.64. The fourth-order valence-corrected chi connectivity index (χ4v) is 1.37. The lowest BCUT2D eigenvalue weighted by atomic mass is 10.0. The molecule has 0 aliphatic rings. The van der Waals surface area contributed by atoms with Crippen molar-refractivity contribution in [3.63, 3.8) is 0 Å². The Hall–Kier alpha value is -1.43. The van der Waals surface area contributed by atoms with Gasteiger partial charge in [0.1, 0.15) is 5.54 Å². The van der Waals surface area contributed by atoms with Gasteiger partial charge in [0.2, 0.25) is 5.89 Å². The number of nitrogens with zero attached hydrogens (tertiary/aromatic N) is 3. The first-order valence-electron chi connectivity index (χ1n) is 5.99. The van der Waals surface area contributed by atoms with Crippen LogP contribution in [0.3, 0.4) is 0 Å². The summed E-state index contributed by atoms with van der Waals surface area (Å²) in [6, 6.07) is 0. The highest BCUT2D eigenvalue weighted by molar-refractivity contribution is 5.77. The highest BCUT2D eigenvalue weighted by Gasteiger charge is 2.32. The second kappa shape index (κ2) is 5.48. The molecule has 0 fully saturated rings. The normalized spacial score (nSPS) is 12.4. The molecule has 0 aliphatic carbocycles. The Kier molecular flexibility index (Phi) is 4.45. The molecule has 0 spiro atoms. The van der Waals surface area contributed by atoms with Gasteiger partial charge in [-0.25, -0.2) is 0 Å². The summed E-state index contributed by atoms with van der Waals surface area (Å²) in [5, 5.41) is 13.0. The SMILES string of the molecule is CC(C)Cc1noc(CN(C)C(C)(C)C(=O)O)n1. The molecule has 1 aromatic heterocycles. The second-order valence-corrected chi connectivity index (χ2v) is 5.42. The minimum atomic E-state index is -0.966. The number of aromatic nitrogens is 2. The van der Waals surface area contributed by atoms with E-state index in [0.29, 0.717) is 24.2 Å². The summed E-state index contributed by atoms with van der Waals surface area (Å²) in [7, 11) is 1.72. The maximum absolute atomic E-state index is 11.1. The van der Waals surface area contributed by atoms with Crippen LogP contribution in [0, 0.1) is 5.92 Å². The van der Waals surface area contributed by atoms with Gasteiger partial charge in [-0.3, -0.25) is 9.69 Å². The summed E-state index contributed by atoms with van der Waals surface area (Å²) in [6.45, 7) is 7.76. The minimum Gasteiger partial charge on any atom is -0.480 e. The second-order valence-electron chi connectivity index (χ2n) is 5.42. The molecule has 1 aromatic rings. The predicted molar refractivity (Wildman–Crippen MR) is 66.0 cm³/mol. The van der Waals surface area contributed by atoms with Gasteiger partial charge in [0.15, 0.2) is 5.82 Å². The Morgan fingerprint density at radius 3 is 2.61 bits per heavy atom. The molecule has 6 heteroatoms. The molecule has 0 saturated carbocycles. The van der Waals surface area contributed by atoms with Crippen molar-refractivity contribution in [3.05, 3.63) is 11.7 Å². The van der Waals surface area contributed by atoms with Gasteiger partial charge in [-0.05, 0) is 26.8 Å². The molecule has 6 nitrogen and oxygen atoms in total. The topological polar surface area (TPSA) is 79.5 Å². The van der Waals surface area contributed by atoms with Crippen molar-refractivity contribution in [1.82, 2.24) is 15.0 Å². The molecule has 0 aliphatic heterocycles. The van der Waals surface area contributed by atoms with Gasteiger partial charge in [-0.2, -0.15) is 4.98 Å². The Morgan fingerprint density at radius 1 is 1.50 bits per heavy atom. The molecule has 0 bridgehead atoms. The van der Waals surface area contributed by atoms with E-state index in [2.05, 4.69) is 24.0 Å². The van der Waals surface area contributed by atoms with Crippen LogP contribution in [0.5, 0.6) is 0 Å². The lowest BCUT2D eigenvalue weighted by molar-refractivity contribution is -0.149. The number of carbonyl (C=O) groups is 1. The molecule has 0 amide bonds. The molecule has 0 aromatic carbocycles. The van der Waals surface area contributed by atoms with E-state index >= 15 is 0 Å². The Labute approximate surface area is 107 Å². The summed E-state index contributed by atoms with van der Waals surface area (Å²) in [5.41, 5.74) is -0.966. The minimum absolute atomic E-state index is 0.324. The number of rotatable bonds is 6. The van der Waals surface area contributed by atoms with Crippen LogP contribution >= 0.6 is 0 Å². The zero-order valence-electron chi connectivity index (χ0n) is 11.6. The van der Waals surface area contributed by atoms with Gasteiger partial charge in [-0.15, -0.1) is 0 Å². The van der Waals surface area contributed by atoms with Crippen LogP contribution < -0.4 is 0 Å². The lowest BCUT2D eigenvalue weighted by Crippen LogP contribution is -2.47. The van der Waals surface area contributed by atoms with E-state index in [4.69, 9.17) is 9.63 Å². The number of hydrogen-bond donors (Lipinski definition) is 1. The highest BCUT2D eigenvalue weighted by atomic mass is 16.5. The molecule has 0 atom stereocenters. The number of likely N-dealkylation sites (N-methyl/N-ethyl adjacent to an activating group) is 1. The maximum atomic E-state index is 11.1. The lowest BCUT2D eigenvalue weighted by Gasteiger charge is -2.29. The smallest absolute Gasteiger partial charge is 0.323 e. The number of hydrogen-bond acceptors (Lipinski definition) is 5. The van der Waals surface area contributed by atoms with Crippen LogP contribution in [0.2, 0.25) is 0 Å². The van der Waals surface area contributed by atoms with Gasteiger partial charge < -0.3 is 9.63 Å². The van der Waals surface area contributed by atoms with E-state index in [9.17, 15) is 4.79 Å². The van der Waals surface area contributed by atoms with Crippen LogP contribution in [0.15, 0.2) is 4.52 Å². The zero-order chi connectivity index (χ0) is 13.9. The molecular weight excluding hydrogens is 234 g/mol.